The first kappa shape index (κ1) is 18.9. The quantitative estimate of drug-likeness (QED) is 0.294. The van der Waals surface area contributed by atoms with Crippen LogP contribution in [0.2, 0.25) is 6.04 Å². The van der Waals surface area contributed by atoms with E-state index < -0.39 is 8.80 Å². The largest absolute Gasteiger partial charge is 0.500 e. The molecule has 6 heteroatoms. The van der Waals surface area contributed by atoms with Crippen molar-refractivity contribution < 1.29 is 13.3 Å². The lowest BCUT2D eigenvalue weighted by atomic mass is 10.2. The van der Waals surface area contributed by atoms with E-state index in [0.29, 0.717) is 19.8 Å². The lowest BCUT2D eigenvalue weighted by Crippen LogP contribution is -2.45. The van der Waals surface area contributed by atoms with Gasteiger partial charge in [0.25, 0.3) is 0 Å². The zero-order chi connectivity index (χ0) is 14.4. The number of nitriles is 1. The van der Waals surface area contributed by atoms with Gasteiger partial charge < -0.3 is 13.3 Å². The summed E-state index contributed by atoms with van der Waals surface area (Å²) in [5.41, 5.74) is 0. The topological polar surface area (TPSA) is 51.5 Å². The van der Waals surface area contributed by atoms with Crippen LogP contribution < -0.4 is 0 Å². The van der Waals surface area contributed by atoms with Crippen LogP contribution >= 0.6 is 11.8 Å². The van der Waals surface area contributed by atoms with Gasteiger partial charge in [0.15, 0.2) is 0 Å². The highest BCUT2D eigenvalue weighted by atomic mass is 32.2. The molecule has 0 heterocycles. The van der Waals surface area contributed by atoms with Crippen molar-refractivity contribution in [2.24, 2.45) is 0 Å². The summed E-state index contributed by atoms with van der Waals surface area (Å²) < 4.78 is 17.4. The van der Waals surface area contributed by atoms with Crippen LogP contribution in [-0.2, 0) is 13.3 Å². The van der Waals surface area contributed by atoms with Crippen LogP contribution in [-0.4, -0.2) is 34.4 Å². The molecule has 0 radical (unpaired) electrons. The van der Waals surface area contributed by atoms with Crippen molar-refractivity contribution in [1.82, 2.24) is 0 Å². The van der Waals surface area contributed by atoms with Gasteiger partial charge in [-0.25, -0.2) is 0 Å². The number of rotatable bonds is 13. The van der Waals surface area contributed by atoms with Gasteiger partial charge in [-0.3, -0.25) is 0 Å². The van der Waals surface area contributed by atoms with Crippen molar-refractivity contribution in [2.45, 2.75) is 52.5 Å². The Morgan fingerprint density at radius 2 is 1.42 bits per heavy atom. The highest BCUT2D eigenvalue weighted by Crippen LogP contribution is 2.20. The average Bonchev–Trinajstić information content (AvgIpc) is 2.39. The van der Waals surface area contributed by atoms with E-state index in [4.69, 9.17) is 18.5 Å². The third-order valence-corrected chi connectivity index (χ3v) is 6.41. The molecule has 0 N–H and O–H groups in total. The Morgan fingerprint density at radius 1 is 0.895 bits per heavy atom. The molecule has 0 saturated heterocycles. The molecule has 0 aliphatic rings. The molecule has 0 fully saturated rings. The predicted octanol–water partition coefficient (Wildman–Crippen LogP) is 3.81. The van der Waals surface area contributed by atoms with Gasteiger partial charge in [-0.05, 0) is 45.4 Å². The predicted molar refractivity (Wildman–Crippen MR) is 82.0 cm³/mol. The number of nitrogens with zero attached hydrogens (tertiary/aromatic N) is 1. The standard InChI is InChI=1S/C13H27NO3SSi/c1-4-15-19(16-5-2,17-6-3)12-10-8-7-9-11-18-13-14/h4-12H2,1-3H3. The zero-order valence-corrected chi connectivity index (χ0v) is 14.3. The van der Waals surface area contributed by atoms with Crippen LogP contribution in [0.5, 0.6) is 0 Å². The third-order valence-electron chi connectivity index (χ3n) is 2.64. The summed E-state index contributed by atoms with van der Waals surface area (Å²) in [4.78, 5) is 0. The Balaban J connectivity index is 3.93. The molecule has 0 bridgehead atoms. The van der Waals surface area contributed by atoms with E-state index in [-0.39, 0.29) is 0 Å². The minimum absolute atomic E-state index is 0.644. The van der Waals surface area contributed by atoms with Crippen LogP contribution in [0.1, 0.15) is 46.5 Å². The molecule has 112 valence electrons. The number of unbranched alkanes of at least 4 members (excludes halogenated alkanes) is 3. The van der Waals surface area contributed by atoms with Crippen molar-refractivity contribution >= 4 is 20.6 Å². The van der Waals surface area contributed by atoms with Crippen LogP contribution in [0.3, 0.4) is 0 Å². The minimum atomic E-state index is -2.43. The highest BCUT2D eigenvalue weighted by Gasteiger charge is 2.39. The van der Waals surface area contributed by atoms with Crippen LogP contribution in [0.15, 0.2) is 0 Å². The summed E-state index contributed by atoms with van der Waals surface area (Å²) >= 11 is 1.34. The van der Waals surface area contributed by atoms with E-state index in [9.17, 15) is 0 Å². The second-order valence-corrected chi connectivity index (χ2v) is 7.70. The van der Waals surface area contributed by atoms with Gasteiger partial charge in [-0.2, -0.15) is 5.26 Å². The molecule has 0 amide bonds. The summed E-state index contributed by atoms with van der Waals surface area (Å²) in [5, 5.41) is 10.5. The summed E-state index contributed by atoms with van der Waals surface area (Å²) in [6.45, 7) is 7.89. The maximum absolute atomic E-state index is 8.42. The van der Waals surface area contributed by atoms with Gasteiger partial charge in [0.1, 0.15) is 5.40 Å². The third kappa shape index (κ3) is 9.47. The Labute approximate surface area is 123 Å². The molecule has 19 heavy (non-hydrogen) atoms. The van der Waals surface area contributed by atoms with Crippen molar-refractivity contribution in [3.63, 3.8) is 0 Å². The number of thiocyanates is 1. The fourth-order valence-corrected chi connectivity index (χ4v) is 5.04. The first-order valence-electron chi connectivity index (χ1n) is 7.17. The second kappa shape index (κ2) is 12.9. The molecule has 0 aliphatic carbocycles. The van der Waals surface area contributed by atoms with Gasteiger partial charge in [-0.15, -0.1) is 0 Å². The number of hydrogen-bond donors (Lipinski definition) is 0. The SMILES string of the molecule is CCO[Si](CCCCCCSC#N)(OCC)OCC. The van der Waals surface area contributed by atoms with E-state index in [1.165, 1.54) is 11.8 Å². The molecular formula is C13H27NO3SSi. The monoisotopic (exact) mass is 305 g/mol. The fourth-order valence-electron chi connectivity index (χ4n) is 1.92. The summed E-state index contributed by atoms with van der Waals surface area (Å²) in [5.74, 6) is 0.932. The lowest BCUT2D eigenvalue weighted by molar-refractivity contribution is 0.0706. The first-order valence-corrected chi connectivity index (χ1v) is 10.1. The molecule has 0 unspecified atom stereocenters. The second-order valence-electron chi connectivity index (χ2n) is 4.09. The molecule has 4 nitrogen and oxygen atoms in total. The molecule has 0 aromatic rings. The van der Waals surface area contributed by atoms with Gasteiger partial charge in [0, 0.05) is 31.6 Å². The maximum Gasteiger partial charge on any atom is 0.500 e. The van der Waals surface area contributed by atoms with Crippen LogP contribution in [0.4, 0.5) is 0 Å². The van der Waals surface area contributed by atoms with Crippen molar-refractivity contribution in [3.8, 4) is 5.40 Å². The zero-order valence-electron chi connectivity index (χ0n) is 12.4. The molecule has 0 saturated carbocycles. The summed E-state index contributed by atoms with van der Waals surface area (Å²) in [7, 11) is -2.43. The number of thioether (sulfide) groups is 1. The minimum Gasteiger partial charge on any atom is -0.374 e. The van der Waals surface area contributed by atoms with E-state index in [2.05, 4.69) is 5.40 Å². The Morgan fingerprint density at radius 3 is 1.89 bits per heavy atom. The first-order chi connectivity index (χ1) is 9.24. The molecule has 0 spiro atoms. The molecule has 0 atom stereocenters. The maximum atomic E-state index is 8.42. The lowest BCUT2D eigenvalue weighted by Gasteiger charge is -2.28. The molecule has 0 rings (SSSR count). The summed E-state index contributed by atoms with van der Waals surface area (Å²) in [6.07, 6.45) is 4.48. The summed E-state index contributed by atoms with van der Waals surface area (Å²) in [6, 6.07) is 0.897. The van der Waals surface area contributed by atoms with E-state index >= 15 is 0 Å². The molecular weight excluding hydrogens is 278 g/mol. The Kier molecular flexibility index (Phi) is 12.9. The van der Waals surface area contributed by atoms with Crippen molar-refractivity contribution in [3.05, 3.63) is 0 Å². The van der Waals surface area contributed by atoms with Crippen LogP contribution in [0, 0.1) is 10.7 Å². The van der Waals surface area contributed by atoms with E-state index in [1.54, 1.807) is 0 Å². The highest BCUT2D eigenvalue weighted by molar-refractivity contribution is 8.03. The van der Waals surface area contributed by atoms with Crippen molar-refractivity contribution in [1.29, 1.82) is 5.26 Å². The van der Waals surface area contributed by atoms with E-state index in [1.807, 2.05) is 20.8 Å². The Hall–Kier alpha value is -0.0631. The fraction of sp³-hybridized carbons (Fsp3) is 0.923. The smallest absolute Gasteiger partial charge is 0.374 e. The van der Waals surface area contributed by atoms with E-state index in [0.717, 1.165) is 37.5 Å². The van der Waals surface area contributed by atoms with Gasteiger partial charge in [0.2, 0.25) is 0 Å². The van der Waals surface area contributed by atoms with Gasteiger partial charge in [0.05, 0.1) is 0 Å². The average molecular weight is 306 g/mol. The molecule has 0 aromatic carbocycles. The molecule has 0 aromatic heterocycles. The normalized spacial score (nSPS) is 11.5. The Bertz CT molecular complexity index is 232. The van der Waals surface area contributed by atoms with Gasteiger partial charge in [-0.1, -0.05) is 12.8 Å². The van der Waals surface area contributed by atoms with Crippen LogP contribution in [0.25, 0.3) is 0 Å². The van der Waals surface area contributed by atoms with Crippen molar-refractivity contribution in [2.75, 3.05) is 25.6 Å². The number of hydrogen-bond acceptors (Lipinski definition) is 5. The van der Waals surface area contributed by atoms with Gasteiger partial charge >= 0.3 is 8.80 Å². The molecule has 0 aliphatic heterocycles.